The monoisotopic (exact) mass is 624 g/mol. The molecule has 1 aliphatic rings. The van der Waals surface area contributed by atoms with Crippen molar-refractivity contribution in [1.29, 1.82) is 0 Å². The molecule has 0 spiro atoms. The molecule has 0 aliphatic carbocycles. The van der Waals surface area contributed by atoms with E-state index in [0.29, 0.717) is 11.1 Å². The number of rotatable bonds is 3. The van der Waals surface area contributed by atoms with Crippen LogP contribution >= 0.6 is 0 Å². The molecule has 0 radical (unpaired) electrons. The Hall–Kier alpha value is -6.01. The lowest BCUT2D eigenvalue weighted by Gasteiger charge is -2.34. The van der Waals surface area contributed by atoms with Crippen LogP contribution in [0.3, 0.4) is 0 Å². The highest BCUT2D eigenvalue weighted by atomic mass is 19.1. The molecule has 48 heavy (non-hydrogen) atoms. The van der Waals surface area contributed by atoms with Gasteiger partial charge in [0.15, 0.2) is 6.17 Å². The first-order chi connectivity index (χ1) is 23.5. The molecule has 6 heteroatoms. The molecule has 5 aromatic carbocycles. The highest BCUT2D eigenvalue weighted by Gasteiger charge is 2.35. The number of pyridine rings is 2. The zero-order valence-electron chi connectivity index (χ0n) is 26.4. The number of alkyl halides is 1. The van der Waals surface area contributed by atoms with Gasteiger partial charge in [0.25, 0.3) is 0 Å². The van der Waals surface area contributed by atoms with E-state index in [1.54, 1.807) is 6.20 Å². The molecule has 0 fully saturated rings. The van der Waals surface area contributed by atoms with Crippen molar-refractivity contribution < 1.29 is 9.13 Å². The molecule has 4 aromatic heterocycles. The van der Waals surface area contributed by atoms with E-state index in [4.69, 9.17) is 9.72 Å². The van der Waals surface area contributed by atoms with Gasteiger partial charge in [-0.3, -0.25) is 8.97 Å². The van der Waals surface area contributed by atoms with Gasteiger partial charge >= 0.3 is 0 Å². The molecule has 1 unspecified atom stereocenters. The van der Waals surface area contributed by atoms with E-state index in [2.05, 4.69) is 70.3 Å². The lowest BCUT2D eigenvalue weighted by Crippen LogP contribution is -2.24. The summed E-state index contributed by atoms with van der Waals surface area (Å²) in [4.78, 5) is 9.48. The van der Waals surface area contributed by atoms with Crippen molar-refractivity contribution in [3.8, 4) is 17.2 Å². The minimum absolute atomic E-state index is 0.246. The predicted octanol–water partition coefficient (Wildman–Crippen LogP) is 10.6. The maximum atomic E-state index is 16.7. The highest BCUT2D eigenvalue weighted by Crippen LogP contribution is 2.50. The van der Waals surface area contributed by atoms with E-state index in [-0.39, 0.29) is 5.41 Å². The van der Waals surface area contributed by atoms with Crippen LogP contribution in [0.25, 0.3) is 54.9 Å². The Bertz CT molecular complexity index is 2770. The first-order valence-corrected chi connectivity index (χ1v) is 16.2. The number of hydrogen-bond donors (Lipinski definition) is 0. The summed E-state index contributed by atoms with van der Waals surface area (Å²) in [5.74, 6) is 1.69. The van der Waals surface area contributed by atoms with Crippen LogP contribution in [0.4, 0.5) is 4.39 Å². The predicted molar refractivity (Wildman–Crippen MR) is 190 cm³/mol. The van der Waals surface area contributed by atoms with Crippen LogP contribution in [0.2, 0.25) is 0 Å². The first-order valence-electron chi connectivity index (χ1n) is 16.2. The second-order valence-corrected chi connectivity index (χ2v) is 13.2. The van der Waals surface area contributed by atoms with E-state index in [9.17, 15) is 0 Å². The Morgan fingerprint density at radius 3 is 2.35 bits per heavy atom. The second-order valence-electron chi connectivity index (χ2n) is 13.2. The normalized spacial score (nSPS) is 14.4. The van der Waals surface area contributed by atoms with Crippen LogP contribution in [0.15, 0.2) is 134 Å². The lowest BCUT2D eigenvalue weighted by molar-refractivity contribution is 0.402. The zero-order chi connectivity index (χ0) is 32.1. The zero-order valence-corrected chi connectivity index (χ0v) is 26.4. The fraction of sp³-hybridized carbons (Fsp3) is 0.0952. The molecule has 0 bridgehead atoms. The maximum absolute atomic E-state index is 16.7. The summed E-state index contributed by atoms with van der Waals surface area (Å²) in [6.45, 7) is 4.49. The van der Waals surface area contributed by atoms with Crippen molar-refractivity contribution in [3.63, 3.8) is 0 Å². The summed E-state index contributed by atoms with van der Waals surface area (Å²) < 4.78 is 27.4. The highest BCUT2D eigenvalue weighted by molar-refractivity contribution is 6.12. The van der Waals surface area contributed by atoms with Gasteiger partial charge in [-0.1, -0.05) is 74.5 Å². The molecule has 0 N–H and O–H groups in total. The van der Waals surface area contributed by atoms with Crippen molar-refractivity contribution in [3.05, 3.63) is 156 Å². The summed E-state index contributed by atoms with van der Waals surface area (Å²) in [6.07, 6.45) is 4.23. The summed E-state index contributed by atoms with van der Waals surface area (Å²) in [5.41, 5.74) is 7.72. The number of halogens is 1. The number of benzene rings is 5. The van der Waals surface area contributed by atoms with Crippen LogP contribution in [0.1, 0.15) is 42.3 Å². The second kappa shape index (κ2) is 9.75. The molecule has 1 atom stereocenters. The Labute approximate surface area is 275 Å². The van der Waals surface area contributed by atoms with E-state index < -0.39 is 6.17 Å². The number of imidazole rings is 1. The third-order valence-electron chi connectivity index (χ3n) is 10.2. The van der Waals surface area contributed by atoms with Crippen molar-refractivity contribution in [1.82, 2.24) is 18.9 Å². The van der Waals surface area contributed by atoms with Crippen molar-refractivity contribution >= 4 is 49.3 Å². The van der Waals surface area contributed by atoms with E-state index in [1.165, 1.54) is 0 Å². The van der Waals surface area contributed by atoms with Crippen LogP contribution in [0.5, 0.6) is 11.5 Å². The topological polar surface area (TPSA) is 44.4 Å². The van der Waals surface area contributed by atoms with E-state index in [0.717, 1.165) is 77.6 Å². The number of fused-ring (bicyclic) bond motifs is 11. The molecule has 1 aliphatic heterocycles. The number of para-hydroxylation sites is 2. The van der Waals surface area contributed by atoms with Crippen LogP contribution < -0.4 is 4.74 Å². The van der Waals surface area contributed by atoms with Crippen molar-refractivity contribution in [2.45, 2.75) is 25.4 Å². The standard InChI is InChI=1S/C42H29FN4O/c1-42(2)33-13-4-6-15-37(33)48-38-24-36-31(23-34(38)42)30-12-8-18-44-41(30)47(36)27-10-7-9-25(21-27)39(43)26-16-17-28-29-11-3-5-14-35(29)46-20-19-45-40(46)32(28)22-26/h3-24,39H,1-2H3. The molecular weight excluding hydrogens is 595 g/mol. The average Bonchev–Trinajstić information content (AvgIpc) is 3.74. The van der Waals surface area contributed by atoms with Crippen LogP contribution in [-0.2, 0) is 5.41 Å². The van der Waals surface area contributed by atoms with Gasteiger partial charge in [-0.05, 0) is 65.0 Å². The van der Waals surface area contributed by atoms with Crippen LogP contribution in [0, 0.1) is 0 Å². The smallest absolute Gasteiger partial charge is 0.150 e. The summed E-state index contributed by atoms with van der Waals surface area (Å²) in [7, 11) is 0. The minimum atomic E-state index is -1.34. The van der Waals surface area contributed by atoms with Gasteiger partial charge in [0, 0.05) is 68.4 Å². The van der Waals surface area contributed by atoms with Gasteiger partial charge in [-0.15, -0.1) is 0 Å². The largest absolute Gasteiger partial charge is 0.457 e. The molecule has 5 heterocycles. The molecular formula is C42H29FN4O. The molecule has 10 rings (SSSR count). The number of nitrogens with zero attached hydrogens (tertiary/aromatic N) is 4. The molecule has 0 saturated carbocycles. The van der Waals surface area contributed by atoms with Gasteiger partial charge in [0.1, 0.15) is 22.8 Å². The number of hydrogen-bond acceptors (Lipinski definition) is 3. The Balaban J connectivity index is 1.13. The number of aromatic nitrogens is 4. The van der Waals surface area contributed by atoms with Gasteiger partial charge < -0.3 is 4.74 Å². The van der Waals surface area contributed by atoms with Gasteiger partial charge in [0.2, 0.25) is 0 Å². The fourth-order valence-corrected chi connectivity index (χ4v) is 7.80. The summed E-state index contributed by atoms with van der Waals surface area (Å²) in [6, 6.07) is 38.5. The van der Waals surface area contributed by atoms with Gasteiger partial charge in [-0.2, -0.15) is 0 Å². The van der Waals surface area contributed by atoms with Crippen LogP contribution in [-0.4, -0.2) is 18.9 Å². The van der Waals surface area contributed by atoms with Gasteiger partial charge in [-0.25, -0.2) is 14.4 Å². The molecule has 9 aromatic rings. The maximum Gasteiger partial charge on any atom is 0.150 e. The SMILES string of the molecule is CC1(C)c2ccccc2Oc2cc3c(cc21)c1cccnc1n3-c1cccc(C(F)c2ccc3c4ccccc4n4ccnc4c3c2)c1. The summed E-state index contributed by atoms with van der Waals surface area (Å²) in [5, 5.41) is 5.22. The Kier molecular flexibility index (Phi) is 5.51. The lowest BCUT2D eigenvalue weighted by atomic mass is 9.75. The Morgan fingerprint density at radius 1 is 0.604 bits per heavy atom. The van der Waals surface area contributed by atoms with Crippen molar-refractivity contribution in [2.24, 2.45) is 0 Å². The average molecular weight is 625 g/mol. The molecule has 0 amide bonds. The van der Waals surface area contributed by atoms with E-state index >= 15 is 4.39 Å². The van der Waals surface area contributed by atoms with E-state index in [1.807, 2.05) is 85.2 Å². The number of ether oxygens (including phenoxy) is 1. The Morgan fingerprint density at radius 2 is 1.42 bits per heavy atom. The first kappa shape index (κ1) is 27.1. The van der Waals surface area contributed by atoms with Crippen molar-refractivity contribution in [2.75, 3.05) is 0 Å². The van der Waals surface area contributed by atoms with Gasteiger partial charge in [0.05, 0.1) is 11.0 Å². The summed E-state index contributed by atoms with van der Waals surface area (Å²) >= 11 is 0. The molecule has 5 nitrogen and oxygen atoms in total. The minimum Gasteiger partial charge on any atom is -0.457 e. The third-order valence-corrected chi connectivity index (χ3v) is 10.2. The molecule has 0 saturated heterocycles. The third kappa shape index (κ3) is 3.71. The fourth-order valence-electron chi connectivity index (χ4n) is 7.80. The quantitative estimate of drug-likeness (QED) is 0.184. The molecule has 230 valence electrons.